The van der Waals surface area contributed by atoms with E-state index in [9.17, 15) is 0 Å². The third-order valence-electron chi connectivity index (χ3n) is 6.59. The Morgan fingerprint density at radius 3 is 0.857 bits per heavy atom. The van der Waals surface area contributed by atoms with E-state index in [1.54, 1.807) is 0 Å². The van der Waals surface area contributed by atoms with E-state index in [0.717, 1.165) is 44.5 Å². The van der Waals surface area contributed by atoms with Crippen molar-refractivity contribution >= 4 is 11.1 Å². The van der Waals surface area contributed by atoms with Gasteiger partial charge in [0, 0.05) is 22.3 Å². The smallest absolute Gasteiger partial charge is 0.0829 e. The van der Waals surface area contributed by atoms with E-state index in [2.05, 4.69) is 84.1 Å². The first-order valence-electron chi connectivity index (χ1n) is 13.5. The van der Waals surface area contributed by atoms with Gasteiger partial charge in [-0.2, -0.15) is 0 Å². The molecular formula is C42H26. The van der Waals surface area contributed by atoms with Crippen LogP contribution in [-0.2, 0) is 0 Å². The fourth-order valence-corrected chi connectivity index (χ4v) is 4.58. The second kappa shape index (κ2) is 13.7. The highest BCUT2D eigenvalue weighted by atomic mass is 14.1. The lowest BCUT2D eigenvalue weighted by Crippen LogP contribution is -1.92. The Bertz CT molecular complexity index is 1700. The standard InChI is InChI=1S/C42H26/c1-3-35(41(37-17-9-5-10-18-37)38-19-11-6-12-20-38)31-29-33-25-27-34(28-26-33)30-32-36(4-2)42(39-21-13-7-14-22-39)40-23-15-8-16-24-40/h1-2,5-28H. The van der Waals surface area contributed by atoms with Crippen LogP contribution in [0.5, 0.6) is 0 Å². The molecule has 0 aliphatic rings. The van der Waals surface area contributed by atoms with Crippen molar-refractivity contribution in [3.63, 3.8) is 0 Å². The summed E-state index contributed by atoms with van der Waals surface area (Å²) in [5.41, 5.74) is 8.94. The minimum Gasteiger partial charge on any atom is -0.114 e. The zero-order chi connectivity index (χ0) is 29.0. The van der Waals surface area contributed by atoms with Crippen LogP contribution >= 0.6 is 0 Å². The highest BCUT2D eigenvalue weighted by Gasteiger charge is 2.10. The van der Waals surface area contributed by atoms with Gasteiger partial charge in [0.05, 0.1) is 11.1 Å². The van der Waals surface area contributed by atoms with Gasteiger partial charge in [0.15, 0.2) is 0 Å². The van der Waals surface area contributed by atoms with Crippen molar-refractivity contribution < 1.29 is 0 Å². The molecule has 42 heavy (non-hydrogen) atoms. The number of hydrogen-bond acceptors (Lipinski definition) is 0. The summed E-state index contributed by atoms with van der Waals surface area (Å²) < 4.78 is 0. The lowest BCUT2D eigenvalue weighted by molar-refractivity contribution is 1.53. The maximum absolute atomic E-state index is 5.98. The van der Waals surface area contributed by atoms with E-state index >= 15 is 0 Å². The van der Waals surface area contributed by atoms with Gasteiger partial charge in [0.1, 0.15) is 0 Å². The summed E-state index contributed by atoms with van der Waals surface area (Å²) in [4.78, 5) is 0. The van der Waals surface area contributed by atoms with Gasteiger partial charge in [-0.3, -0.25) is 0 Å². The Hall–Kier alpha value is -6.18. The third kappa shape index (κ3) is 6.69. The summed E-state index contributed by atoms with van der Waals surface area (Å²) in [6.07, 6.45) is 12.0. The largest absolute Gasteiger partial charge is 0.114 e. The highest BCUT2D eigenvalue weighted by Crippen LogP contribution is 2.28. The normalized spacial score (nSPS) is 9.48. The molecule has 0 fully saturated rings. The number of hydrogen-bond donors (Lipinski definition) is 0. The molecule has 0 saturated heterocycles. The molecule has 0 bridgehead atoms. The Morgan fingerprint density at radius 1 is 0.357 bits per heavy atom. The topological polar surface area (TPSA) is 0 Å². The first-order valence-corrected chi connectivity index (χ1v) is 13.5. The van der Waals surface area contributed by atoms with Gasteiger partial charge in [-0.15, -0.1) is 12.8 Å². The van der Waals surface area contributed by atoms with Gasteiger partial charge in [-0.25, -0.2) is 0 Å². The lowest BCUT2D eigenvalue weighted by Gasteiger charge is -2.09. The summed E-state index contributed by atoms with van der Waals surface area (Å²) in [5.74, 6) is 18.6. The molecule has 0 spiro atoms. The maximum atomic E-state index is 5.98. The van der Waals surface area contributed by atoms with Crippen molar-refractivity contribution in [2.45, 2.75) is 0 Å². The number of benzene rings is 5. The number of rotatable bonds is 4. The lowest BCUT2D eigenvalue weighted by atomic mass is 9.93. The molecule has 194 valence electrons. The van der Waals surface area contributed by atoms with E-state index < -0.39 is 0 Å². The van der Waals surface area contributed by atoms with Crippen molar-refractivity contribution in [2.24, 2.45) is 0 Å². The Labute approximate surface area is 249 Å². The second-order valence-electron chi connectivity index (χ2n) is 9.33. The van der Waals surface area contributed by atoms with Crippen molar-refractivity contribution in [2.75, 3.05) is 0 Å². The summed E-state index contributed by atoms with van der Waals surface area (Å²) >= 11 is 0. The first-order chi connectivity index (χ1) is 20.8. The SMILES string of the molecule is C#CC(C#Cc1ccc(C#CC(C#C)=C(c2ccccc2)c2ccccc2)cc1)=C(c1ccccc1)c1ccccc1. The molecule has 5 aromatic rings. The van der Waals surface area contributed by atoms with Gasteiger partial charge in [0.25, 0.3) is 0 Å². The van der Waals surface area contributed by atoms with Crippen LogP contribution < -0.4 is 0 Å². The average Bonchev–Trinajstić information content (AvgIpc) is 3.07. The van der Waals surface area contributed by atoms with Crippen LogP contribution in [0.25, 0.3) is 11.1 Å². The molecule has 0 saturated carbocycles. The monoisotopic (exact) mass is 530 g/mol. The van der Waals surface area contributed by atoms with Crippen LogP contribution in [0, 0.1) is 48.4 Å². The van der Waals surface area contributed by atoms with E-state index in [0.29, 0.717) is 11.1 Å². The van der Waals surface area contributed by atoms with E-state index in [-0.39, 0.29) is 0 Å². The molecule has 0 N–H and O–H groups in total. The van der Waals surface area contributed by atoms with Crippen LogP contribution in [0.1, 0.15) is 33.4 Å². The van der Waals surface area contributed by atoms with Gasteiger partial charge < -0.3 is 0 Å². The van der Waals surface area contributed by atoms with Crippen molar-refractivity contribution in [3.8, 4) is 48.4 Å². The average molecular weight is 531 g/mol. The quantitative estimate of drug-likeness (QED) is 0.204. The zero-order valence-electron chi connectivity index (χ0n) is 23.0. The number of allylic oxidation sites excluding steroid dienone is 2. The molecule has 5 rings (SSSR count). The second-order valence-corrected chi connectivity index (χ2v) is 9.33. The molecule has 0 heterocycles. The Balaban J connectivity index is 1.48. The molecule has 0 aliphatic carbocycles. The first kappa shape index (κ1) is 27.4. The van der Waals surface area contributed by atoms with E-state index in [1.165, 1.54) is 0 Å². The Kier molecular flexibility index (Phi) is 8.97. The summed E-state index contributed by atoms with van der Waals surface area (Å²) in [5, 5.41) is 0. The van der Waals surface area contributed by atoms with Gasteiger partial charge in [0.2, 0.25) is 0 Å². The summed E-state index contributed by atoms with van der Waals surface area (Å²) in [6.45, 7) is 0. The molecule has 5 aromatic carbocycles. The van der Waals surface area contributed by atoms with Crippen LogP contribution in [0.2, 0.25) is 0 Å². The van der Waals surface area contributed by atoms with Gasteiger partial charge >= 0.3 is 0 Å². The molecule has 0 radical (unpaired) electrons. The molecule has 0 heteroatoms. The van der Waals surface area contributed by atoms with Crippen LogP contribution in [-0.4, -0.2) is 0 Å². The predicted molar refractivity (Wildman–Crippen MR) is 176 cm³/mol. The molecule has 0 aliphatic heterocycles. The van der Waals surface area contributed by atoms with E-state index in [1.807, 2.05) is 97.1 Å². The van der Waals surface area contributed by atoms with Crippen molar-refractivity contribution in [1.29, 1.82) is 0 Å². The highest BCUT2D eigenvalue weighted by molar-refractivity contribution is 5.88. The summed E-state index contributed by atoms with van der Waals surface area (Å²) in [7, 11) is 0. The molecular weight excluding hydrogens is 504 g/mol. The number of terminal acetylenes is 2. The van der Waals surface area contributed by atoms with Crippen LogP contribution in [0.3, 0.4) is 0 Å². The Morgan fingerprint density at radius 2 is 0.619 bits per heavy atom. The zero-order valence-corrected chi connectivity index (χ0v) is 23.0. The molecule has 0 nitrogen and oxygen atoms in total. The van der Waals surface area contributed by atoms with Gasteiger partial charge in [-0.1, -0.05) is 157 Å². The van der Waals surface area contributed by atoms with E-state index in [4.69, 9.17) is 12.8 Å². The van der Waals surface area contributed by atoms with Crippen molar-refractivity contribution in [3.05, 3.63) is 190 Å². The van der Waals surface area contributed by atoms with Crippen LogP contribution in [0.4, 0.5) is 0 Å². The van der Waals surface area contributed by atoms with Crippen molar-refractivity contribution in [1.82, 2.24) is 0 Å². The third-order valence-corrected chi connectivity index (χ3v) is 6.59. The molecule has 0 unspecified atom stereocenters. The van der Waals surface area contributed by atoms with Gasteiger partial charge in [-0.05, 0) is 46.5 Å². The maximum Gasteiger partial charge on any atom is 0.0829 e. The molecule has 0 amide bonds. The fourth-order valence-electron chi connectivity index (χ4n) is 4.58. The fraction of sp³-hybridized carbons (Fsp3) is 0. The minimum atomic E-state index is 0.634. The molecule has 0 aromatic heterocycles. The molecule has 0 atom stereocenters. The minimum absolute atomic E-state index is 0.634. The van der Waals surface area contributed by atoms with Crippen LogP contribution in [0.15, 0.2) is 157 Å². The summed E-state index contributed by atoms with van der Waals surface area (Å²) in [6, 6.07) is 48.2. The predicted octanol–water partition coefficient (Wildman–Crippen LogP) is 8.66.